The molecule has 0 amide bonds. The third-order valence-electron chi connectivity index (χ3n) is 3.43. The van der Waals surface area contributed by atoms with Crippen molar-refractivity contribution >= 4 is 5.69 Å². The summed E-state index contributed by atoms with van der Waals surface area (Å²) in [6, 6.07) is 4.90. The lowest BCUT2D eigenvalue weighted by Gasteiger charge is -2.16. The number of benzene rings is 1. The maximum atomic E-state index is 13.3. The summed E-state index contributed by atoms with van der Waals surface area (Å²) >= 11 is 0. The van der Waals surface area contributed by atoms with Crippen molar-refractivity contribution in [2.45, 2.75) is 18.8 Å². The van der Waals surface area contributed by atoms with E-state index in [-0.39, 0.29) is 23.7 Å². The van der Waals surface area contributed by atoms with Crippen molar-refractivity contribution in [3.8, 4) is 0 Å². The Morgan fingerprint density at radius 3 is 2.44 bits per heavy atom. The van der Waals surface area contributed by atoms with Crippen molar-refractivity contribution in [3.63, 3.8) is 0 Å². The Morgan fingerprint density at radius 2 is 1.89 bits per heavy atom. The van der Waals surface area contributed by atoms with Crippen molar-refractivity contribution in [2.75, 3.05) is 33.0 Å². The number of anilines is 1. The van der Waals surface area contributed by atoms with Crippen LogP contribution >= 0.6 is 0 Å². The highest BCUT2D eigenvalue weighted by molar-refractivity contribution is 5.47. The van der Waals surface area contributed by atoms with Crippen molar-refractivity contribution in [1.29, 1.82) is 0 Å². The van der Waals surface area contributed by atoms with Crippen LogP contribution in [0.25, 0.3) is 0 Å². The normalized spacial score (nSPS) is 24.6. The Morgan fingerprint density at radius 1 is 1.28 bits per heavy atom. The minimum atomic E-state index is -0.363. The van der Waals surface area contributed by atoms with Gasteiger partial charge in [0.15, 0.2) is 0 Å². The molecule has 1 fully saturated rings. The van der Waals surface area contributed by atoms with Gasteiger partial charge in [-0.2, -0.15) is 0 Å². The molecule has 5 heteroatoms. The Bertz CT molecular complexity index is 402. The summed E-state index contributed by atoms with van der Waals surface area (Å²) < 4.78 is 24.1. The number of rotatable bonds is 4. The molecule has 100 valence electrons. The summed E-state index contributed by atoms with van der Waals surface area (Å²) in [5.41, 5.74) is 6.77. The molecule has 1 aromatic carbocycles. The predicted octanol–water partition coefficient (Wildman–Crippen LogP) is 1.25. The van der Waals surface area contributed by atoms with Crippen molar-refractivity contribution < 1.29 is 13.9 Å². The topological polar surface area (TPSA) is 47.7 Å². The van der Waals surface area contributed by atoms with Gasteiger partial charge in [0.2, 0.25) is 0 Å². The quantitative estimate of drug-likeness (QED) is 0.822. The Hall–Kier alpha value is -1.17. The molecule has 0 aromatic heterocycles. The van der Waals surface area contributed by atoms with Gasteiger partial charge in [-0.05, 0) is 11.6 Å². The van der Waals surface area contributed by atoms with Gasteiger partial charge >= 0.3 is 0 Å². The van der Waals surface area contributed by atoms with Crippen LogP contribution in [0.3, 0.4) is 0 Å². The zero-order chi connectivity index (χ0) is 13.1. The molecule has 0 radical (unpaired) electrons. The summed E-state index contributed by atoms with van der Waals surface area (Å²) in [6.45, 7) is 2.15. The summed E-state index contributed by atoms with van der Waals surface area (Å²) in [5, 5.41) is 0. The minimum absolute atomic E-state index is 0.0600. The molecule has 0 bridgehead atoms. The molecule has 2 N–H and O–H groups in total. The molecule has 0 spiro atoms. The number of nitrogens with two attached hydrogens (primary N) is 1. The van der Waals surface area contributed by atoms with Gasteiger partial charge in [0.05, 0.1) is 17.9 Å². The van der Waals surface area contributed by atoms with Crippen LogP contribution in [0, 0.1) is 5.82 Å². The second-order valence-electron chi connectivity index (χ2n) is 4.56. The van der Waals surface area contributed by atoms with Gasteiger partial charge in [-0.1, -0.05) is 12.1 Å². The first-order chi connectivity index (χ1) is 8.65. The lowest BCUT2D eigenvalue weighted by molar-refractivity contribution is -0.00461. The van der Waals surface area contributed by atoms with E-state index in [9.17, 15) is 4.39 Å². The van der Waals surface area contributed by atoms with E-state index in [4.69, 9.17) is 15.2 Å². The first-order valence-corrected chi connectivity index (χ1v) is 5.96. The molecule has 18 heavy (non-hydrogen) atoms. The van der Waals surface area contributed by atoms with E-state index in [1.54, 1.807) is 20.3 Å². The van der Waals surface area contributed by atoms with E-state index in [1.807, 2.05) is 6.07 Å². The third-order valence-corrected chi connectivity index (χ3v) is 3.43. The van der Waals surface area contributed by atoms with Gasteiger partial charge in [0.1, 0.15) is 5.82 Å². The van der Waals surface area contributed by atoms with Gasteiger partial charge in [-0.25, -0.2) is 4.39 Å². The molecule has 1 aliphatic rings. The smallest absolute Gasteiger partial charge is 0.146 e. The molecular weight excluding hydrogens is 235 g/mol. The molecule has 2 atom stereocenters. The van der Waals surface area contributed by atoms with Crippen LogP contribution < -0.4 is 5.73 Å². The largest absolute Gasteiger partial charge is 0.396 e. The van der Waals surface area contributed by atoms with Crippen LogP contribution in [-0.2, 0) is 16.0 Å². The van der Waals surface area contributed by atoms with Crippen LogP contribution in [0.2, 0.25) is 0 Å². The van der Waals surface area contributed by atoms with Crippen molar-refractivity contribution in [2.24, 2.45) is 0 Å². The second kappa shape index (κ2) is 5.65. The monoisotopic (exact) mass is 254 g/mol. The molecular formula is C13H19FN2O2. The fourth-order valence-corrected chi connectivity index (χ4v) is 2.36. The molecule has 2 unspecified atom stereocenters. The number of nitrogen functional groups attached to an aromatic ring is 1. The fourth-order valence-electron chi connectivity index (χ4n) is 2.36. The zero-order valence-electron chi connectivity index (χ0n) is 10.7. The van der Waals surface area contributed by atoms with E-state index in [1.165, 1.54) is 6.07 Å². The summed E-state index contributed by atoms with van der Waals surface area (Å²) in [6.07, 6.45) is 0.120. The summed E-state index contributed by atoms with van der Waals surface area (Å²) in [7, 11) is 3.35. The van der Waals surface area contributed by atoms with E-state index in [2.05, 4.69) is 4.90 Å². The number of hydrogen-bond donors (Lipinski definition) is 1. The molecule has 4 nitrogen and oxygen atoms in total. The maximum absolute atomic E-state index is 13.3. The molecule has 0 aliphatic carbocycles. The molecule has 1 heterocycles. The Kier molecular flexibility index (Phi) is 4.16. The lowest BCUT2D eigenvalue weighted by Crippen LogP contribution is -2.27. The average Bonchev–Trinajstić information content (AvgIpc) is 2.77. The van der Waals surface area contributed by atoms with Gasteiger partial charge < -0.3 is 15.2 Å². The SMILES string of the molecule is COC1CN(Cc2cccc(F)c2N)CC1OC. The summed E-state index contributed by atoms with van der Waals surface area (Å²) in [4.78, 5) is 2.16. The first-order valence-electron chi connectivity index (χ1n) is 5.96. The van der Waals surface area contributed by atoms with E-state index < -0.39 is 0 Å². The van der Waals surface area contributed by atoms with E-state index in [0.717, 1.165) is 18.7 Å². The number of likely N-dealkylation sites (tertiary alicyclic amines) is 1. The first kappa shape index (κ1) is 13.3. The molecule has 1 aromatic rings. The summed E-state index contributed by atoms with van der Waals surface area (Å²) in [5.74, 6) is -0.363. The van der Waals surface area contributed by atoms with Gasteiger partial charge in [0, 0.05) is 33.9 Å². The van der Waals surface area contributed by atoms with Crippen LogP contribution in [0.5, 0.6) is 0 Å². The van der Waals surface area contributed by atoms with Gasteiger partial charge in [-0.15, -0.1) is 0 Å². The highest BCUT2D eigenvalue weighted by atomic mass is 19.1. The molecule has 1 aliphatic heterocycles. The second-order valence-corrected chi connectivity index (χ2v) is 4.56. The van der Waals surface area contributed by atoms with Crippen LogP contribution in [0.1, 0.15) is 5.56 Å². The van der Waals surface area contributed by atoms with E-state index >= 15 is 0 Å². The fraction of sp³-hybridized carbons (Fsp3) is 0.538. The standard InChI is InChI=1S/C13H19FN2O2/c1-17-11-7-16(8-12(11)18-2)6-9-4-3-5-10(14)13(9)15/h3-5,11-12H,6-8,15H2,1-2H3. The van der Waals surface area contributed by atoms with Crippen LogP contribution in [0.4, 0.5) is 10.1 Å². The molecule has 2 rings (SSSR count). The predicted molar refractivity (Wildman–Crippen MR) is 67.7 cm³/mol. The third kappa shape index (κ3) is 2.63. The van der Waals surface area contributed by atoms with Gasteiger partial charge in [0.25, 0.3) is 0 Å². The van der Waals surface area contributed by atoms with Gasteiger partial charge in [-0.3, -0.25) is 4.90 Å². The lowest BCUT2D eigenvalue weighted by atomic mass is 10.1. The highest BCUT2D eigenvalue weighted by Gasteiger charge is 2.32. The number of para-hydroxylation sites is 1. The minimum Gasteiger partial charge on any atom is -0.396 e. The number of methoxy groups -OCH3 is 2. The van der Waals surface area contributed by atoms with E-state index in [0.29, 0.717) is 6.54 Å². The van der Waals surface area contributed by atoms with Crippen LogP contribution in [0.15, 0.2) is 18.2 Å². The number of ether oxygens (including phenoxy) is 2. The number of halogens is 1. The molecule has 0 saturated carbocycles. The van der Waals surface area contributed by atoms with Crippen LogP contribution in [-0.4, -0.2) is 44.4 Å². The zero-order valence-corrected chi connectivity index (χ0v) is 10.7. The maximum Gasteiger partial charge on any atom is 0.146 e. The van der Waals surface area contributed by atoms with Crippen molar-refractivity contribution in [3.05, 3.63) is 29.6 Å². The average molecular weight is 254 g/mol. The number of hydrogen-bond acceptors (Lipinski definition) is 4. The highest BCUT2D eigenvalue weighted by Crippen LogP contribution is 2.22. The number of nitrogens with zero attached hydrogens (tertiary/aromatic N) is 1. The molecule has 1 saturated heterocycles. The Balaban J connectivity index is 2.05. The van der Waals surface area contributed by atoms with Crippen molar-refractivity contribution in [1.82, 2.24) is 4.90 Å². The Labute approximate surface area is 106 Å².